The Morgan fingerprint density at radius 1 is 1.14 bits per heavy atom. The third kappa shape index (κ3) is 3.48. The van der Waals surface area contributed by atoms with Gasteiger partial charge < -0.3 is 24.8 Å². The molecule has 0 saturated carbocycles. The summed E-state index contributed by atoms with van der Waals surface area (Å²) in [6.07, 6.45) is 0.798. The predicted molar refractivity (Wildman–Crippen MR) is 103 cm³/mol. The molecule has 8 heteroatoms. The van der Waals surface area contributed by atoms with Crippen molar-refractivity contribution in [2.45, 2.75) is 6.42 Å². The monoisotopic (exact) mass is 381 g/mol. The summed E-state index contributed by atoms with van der Waals surface area (Å²) in [5.41, 5.74) is 0.880. The Hall–Kier alpha value is -3.55. The van der Waals surface area contributed by atoms with Crippen molar-refractivity contribution in [3.63, 3.8) is 0 Å². The molecular formula is C20H19N3O5. The summed E-state index contributed by atoms with van der Waals surface area (Å²) in [4.78, 5) is 40.2. The summed E-state index contributed by atoms with van der Waals surface area (Å²) in [5.74, 6) is 1.46. The van der Waals surface area contributed by atoms with Crippen molar-refractivity contribution in [2.24, 2.45) is 5.92 Å². The minimum Gasteiger partial charge on any atom is -0.497 e. The van der Waals surface area contributed by atoms with Gasteiger partial charge in [0.05, 0.1) is 24.8 Å². The van der Waals surface area contributed by atoms with Gasteiger partial charge in [0.2, 0.25) is 0 Å². The van der Waals surface area contributed by atoms with E-state index in [1.54, 1.807) is 25.3 Å². The molecule has 0 aliphatic carbocycles. The van der Waals surface area contributed by atoms with Gasteiger partial charge >= 0.3 is 11.1 Å². The van der Waals surface area contributed by atoms with Crippen molar-refractivity contribution in [3.8, 4) is 11.5 Å². The highest BCUT2D eigenvalue weighted by Crippen LogP contribution is 2.30. The first-order valence-corrected chi connectivity index (χ1v) is 8.88. The molecule has 3 N–H and O–H groups in total. The standard InChI is InChI=1S/C20H19N3O5/c1-27-14-4-2-12-6-11(10-28-17(12)8-14)9-21-18(24)13-3-5-15-16(7-13)23-20(26)19(25)22-15/h2-5,7-8,11H,6,9-10H2,1H3,(H,21,24)(H,22,25)(H,23,26)/t11-/m0/s1. The molecule has 8 nitrogen and oxygen atoms in total. The van der Waals surface area contributed by atoms with Gasteiger partial charge in [0, 0.05) is 24.1 Å². The molecule has 0 fully saturated rings. The molecule has 1 aliphatic rings. The molecule has 0 unspecified atom stereocenters. The number of hydrogen-bond donors (Lipinski definition) is 3. The number of methoxy groups -OCH3 is 1. The average molecular weight is 381 g/mol. The van der Waals surface area contributed by atoms with Crippen molar-refractivity contribution in [2.75, 3.05) is 20.3 Å². The third-order valence-corrected chi connectivity index (χ3v) is 4.79. The molecule has 1 aliphatic heterocycles. The molecule has 0 bridgehead atoms. The van der Waals surface area contributed by atoms with Crippen LogP contribution in [0.25, 0.3) is 11.0 Å². The fraction of sp³-hybridized carbons (Fsp3) is 0.250. The molecule has 1 aromatic heterocycles. The highest BCUT2D eigenvalue weighted by molar-refractivity contribution is 5.97. The van der Waals surface area contributed by atoms with E-state index in [0.717, 1.165) is 23.5 Å². The lowest BCUT2D eigenvalue weighted by molar-refractivity contribution is 0.0939. The maximum absolute atomic E-state index is 12.5. The molecule has 28 heavy (non-hydrogen) atoms. The first-order chi connectivity index (χ1) is 13.5. The Bertz CT molecular complexity index is 1160. The molecule has 4 rings (SSSR count). The van der Waals surface area contributed by atoms with E-state index in [2.05, 4.69) is 15.3 Å². The molecular weight excluding hydrogens is 362 g/mol. The fourth-order valence-corrected chi connectivity index (χ4v) is 3.27. The highest BCUT2D eigenvalue weighted by atomic mass is 16.5. The van der Waals surface area contributed by atoms with E-state index in [1.807, 2.05) is 18.2 Å². The SMILES string of the molecule is COc1ccc2c(c1)OC[C@H](CNC(=O)c1ccc3[nH]c(=O)c(=O)[nH]c3c1)C2. The van der Waals surface area contributed by atoms with Gasteiger partial charge in [0.15, 0.2) is 0 Å². The van der Waals surface area contributed by atoms with E-state index >= 15 is 0 Å². The summed E-state index contributed by atoms with van der Waals surface area (Å²) in [7, 11) is 1.61. The lowest BCUT2D eigenvalue weighted by atomic mass is 9.96. The van der Waals surface area contributed by atoms with E-state index in [4.69, 9.17) is 9.47 Å². The molecule has 0 saturated heterocycles. The normalized spacial score (nSPS) is 15.5. The molecule has 1 atom stereocenters. The Labute approximate surface area is 159 Å². The van der Waals surface area contributed by atoms with Crippen LogP contribution in [0.2, 0.25) is 0 Å². The minimum absolute atomic E-state index is 0.154. The van der Waals surface area contributed by atoms with Crippen LogP contribution in [0.5, 0.6) is 11.5 Å². The highest BCUT2D eigenvalue weighted by Gasteiger charge is 2.21. The van der Waals surface area contributed by atoms with Crippen molar-refractivity contribution < 1.29 is 14.3 Å². The number of amides is 1. The first-order valence-electron chi connectivity index (χ1n) is 8.88. The topological polar surface area (TPSA) is 113 Å². The van der Waals surface area contributed by atoms with Crippen LogP contribution in [-0.4, -0.2) is 36.1 Å². The second-order valence-corrected chi connectivity index (χ2v) is 6.73. The Morgan fingerprint density at radius 2 is 1.93 bits per heavy atom. The first kappa shape index (κ1) is 17.8. The second kappa shape index (κ2) is 7.22. The lowest BCUT2D eigenvalue weighted by Crippen LogP contribution is -2.35. The number of ether oxygens (including phenoxy) is 2. The van der Waals surface area contributed by atoms with Crippen LogP contribution in [0, 0.1) is 5.92 Å². The van der Waals surface area contributed by atoms with Crippen LogP contribution in [0.4, 0.5) is 0 Å². The number of rotatable bonds is 4. The maximum atomic E-state index is 12.5. The van der Waals surface area contributed by atoms with Gasteiger partial charge in [-0.2, -0.15) is 0 Å². The third-order valence-electron chi connectivity index (χ3n) is 4.79. The fourth-order valence-electron chi connectivity index (χ4n) is 3.27. The average Bonchev–Trinajstić information content (AvgIpc) is 2.72. The largest absolute Gasteiger partial charge is 0.497 e. The van der Waals surface area contributed by atoms with Crippen molar-refractivity contribution in [3.05, 3.63) is 68.2 Å². The zero-order valence-corrected chi connectivity index (χ0v) is 15.2. The van der Waals surface area contributed by atoms with Crippen molar-refractivity contribution in [1.82, 2.24) is 15.3 Å². The molecule has 144 valence electrons. The quantitative estimate of drug-likeness (QED) is 0.588. The Balaban J connectivity index is 1.43. The summed E-state index contributed by atoms with van der Waals surface area (Å²) in [6, 6.07) is 10.5. The predicted octanol–water partition coefficient (Wildman–Crippen LogP) is 1.21. The number of carbonyl (C=O) groups is 1. The number of aromatic amines is 2. The van der Waals surface area contributed by atoms with Crippen LogP contribution in [0.15, 0.2) is 46.0 Å². The number of H-pyrrole nitrogens is 2. The molecule has 2 aromatic carbocycles. The molecule has 2 heterocycles. The summed E-state index contributed by atoms with van der Waals surface area (Å²) in [6.45, 7) is 0.969. The maximum Gasteiger partial charge on any atom is 0.314 e. The van der Waals surface area contributed by atoms with E-state index in [0.29, 0.717) is 29.7 Å². The minimum atomic E-state index is -0.750. The lowest BCUT2D eigenvalue weighted by Gasteiger charge is -2.25. The number of aromatic nitrogens is 2. The van der Waals surface area contributed by atoms with Gasteiger partial charge in [0.25, 0.3) is 5.91 Å². The zero-order chi connectivity index (χ0) is 19.7. The van der Waals surface area contributed by atoms with Gasteiger partial charge in [-0.25, -0.2) is 0 Å². The summed E-state index contributed by atoms with van der Waals surface area (Å²) in [5, 5.41) is 2.91. The zero-order valence-electron chi connectivity index (χ0n) is 15.2. The number of carbonyl (C=O) groups excluding carboxylic acids is 1. The van der Waals surface area contributed by atoms with Crippen LogP contribution >= 0.6 is 0 Å². The van der Waals surface area contributed by atoms with Gasteiger partial charge in [-0.3, -0.25) is 14.4 Å². The van der Waals surface area contributed by atoms with Crippen LogP contribution in [-0.2, 0) is 6.42 Å². The molecule has 0 spiro atoms. The Kier molecular flexibility index (Phi) is 4.60. The molecule has 3 aromatic rings. The molecule has 0 radical (unpaired) electrons. The van der Waals surface area contributed by atoms with E-state index in [1.165, 1.54) is 0 Å². The molecule has 1 amide bonds. The van der Waals surface area contributed by atoms with Crippen molar-refractivity contribution in [1.29, 1.82) is 0 Å². The smallest absolute Gasteiger partial charge is 0.314 e. The van der Waals surface area contributed by atoms with Gasteiger partial charge in [-0.05, 0) is 36.2 Å². The summed E-state index contributed by atoms with van der Waals surface area (Å²) < 4.78 is 11.0. The number of hydrogen-bond acceptors (Lipinski definition) is 5. The van der Waals surface area contributed by atoms with Crippen molar-refractivity contribution >= 4 is 16.9 Å². The number of fused-ring (bicyclic) bond motifs is 2. The van der Waals surface area contributed by atoms with Gasteiger partial charge in [0.1, 0.15) is 11.5 Å². The van der Waals surface area contributed by atoms with E-state index in [9.17, 15) is 14.4 Å². The number of benzene rings is 2. The number of nitrogens with one attached hydrogen (secondary N) is 3. The van der Waals surface area contributed by atoms with E-state index in [-0.39, 0.29) is 11.8 Å². The summed E-state index contributed by atoms with van der Waals surface area (Å²) >= 11 is 0. The second-order valence-electron chi connectivity index (χ2n) is 6.73. The van der Waals surface area contributed by atoms with Gasteiger partial charge in [-0.15, -0.1) is 0 Å². The van der Waals surface area contributed by atoms with Crippen LogP contribution < -0.4 is 25.9 Å². The van der Waals surface area contributed by atoms with Crippen LogP contribution in [0.1, 0.15) is 15.9 Å². The Morgan fingerprint density at radius 3 is 2.71 bits per heavy atom. The van der Waals surface area contributed by atoms with E-state index < -0.39 is 11.1 Å². The van der Waals surface area contributed by atoms with Gasteiger partial charge in [-0.1, -0.05) is 6.07 Å². The van der Waals surface area contributed by atoms with Crippen LogP contribution in [0.3, 0.4) is 0 Å².